The van der Waals surface area contributed by atoms with Gasteiger partial charge in [-0.05, 0) is 61.5 Å². The second kappa shape index (κ2) is 10.3. The lowest BCUT2D eigenvalue weighted by Crippen LogP contribution is -1.89. The Morgan fingerprint density at radius 2 is 0.894 bits per heavy atom. The molecular formula is C44H26N2S. The Hall–Kier alpha value is -5.90. The van der Waals surface area contributed by atoms with Crippen molar-refractivity contribution in [1.82, 2.24) is 9.97 Å². The summed E-state index contributed by atoms with van der Waals surface area (Å²) in [6, 6.07) is 53.1. The monoisotopic (exact) mass is 614 g/mol. The Labute approximate surface area is 275 Å². The number of aromatic nitrogens is 2. The molecule has 2 aromatic heterocycles. The van der Waals surface area contributed by atoms with Gasteiger partial charge in [0.1, 0.15) is 0 Å². The molecule has 0 saturated heterocycles. The molecule has 218 valence electrons. The van der Waals surface area contributed by atoms with Gasteiger partial charge in [0.05, 0.1) is 11.0 Å². The molecule has 10 aromatic rings. The van der Waals surface area contributed by atoms with Crippen molar-refractivity contribution in [2.75, 3.05) is 0 Å². The van der Waals surface area contributed by atoms with Crippen LogP contribution in [0.3, 0.4) is 0 Å². The SMILES string of the molecule is c1cc(-c2ccc3c(c2)c2ccccc2c2nccnc32)cc(-c2cccc3c2sc2c(-c4cccc5ccccc45)cccc23)c1. The Morgan fingerprint density at radius 1 is 0.340 bits per heavy atom. The Kier molecular flexibility index (Phi) is 5.78. The zero-order valence-corrected chi connectivity index (χ0v) is 26.1. The van der Waals surface area contributed by atoms with Gasteiger partial charge in [-0.15, -0.1) is 11.3 Å². The van der Waals surface area contributed by atoms with Crippen molar-refractivity contribution >= 4 is 74.9 Å². The molecule has 0 spiro atoms. The number of hydrogen-bond acceptors (Lipinski definition) is 3. The first-order chi connectivity index (χ1) is 23.3. The van der Waals surface area contributed by atoms with E-state index in [1.54, 1.807) is 12.4 Å². The highest BCUT2D eigenvalue weighted by molar-refractivity contribution is 7.26. The Morgan fingerprint density at radius 3 is 1.72 bits per heavy atom. The summed E-state index contributed by atoms with van der Waals surface area (Å²) in [5.74, 6) is 0. The number of hydrogen-bond donors (Lipinski definition) is 0. The predicted octanol–water partition coefficient (Wildman–Crippen LogP) is 12.5. The summed E-state index contributed by atoms with van der Waals surface area (Å²) in [7, 11) is 0. The molecule has 2 heterocycles. The fraction of sp³-hybridized carbons (Fsp3) is 0. The molecule has 0 bridgehead atoms. The van der Waals surface area contributed by atoms with Crippen molar-refractivity contribution in [2.24, 2.45) is 0 Å². The summed E-state index contributed by atoms with van der Waals surface area (Å²) in [5, 5.41) is 9.83. The lowest BCUT2D eigenvalue weighted by molar-refractivity contribution is 1.31. The average Bonchev–Trinajstić information content (AvgIpc) is 3.54. The molecule has 0 aliphatic carbocycles. The summed E-state index contributed by atoms with van der Waals surface area (Å²) in [4.78, 5) is 9.44. The molecule has 0 aliphatic heterocycles. The molecular weight excluding hydrogens is 589 g/mol. The second-order valence-electron chi connectivity index (χ2n) is 12.1. The normalized spacial score (nSPS) is 11.8. The maximum absolute atomic E-state index is 4.74. The van der Waals surface area contributed by atoms with Gasteiger partial charge in [0.2, 0.25) is 0 Å². The van der Waals surface area contributed by atoms with Gasteiger partial charge in [-0.3, -0.25) is 9.97 Å². The van der Waals surface area contributed by atoms with Crippen LogP contribution >= 0.6 is 11.3 Å². The van der Waals surface area contributed by atoms with Gasteiger partial charge >= 0.3 is 0 Å². The summed E-state index contributed by atoms with van der Waals surface area (Å²) >= 11 is 1.91. The first-order valence-corrected chi connectivity index (χ1v) is 16.7. The van der Waals surface area contributed by atoms with Gasteiger partial charge in [-0.25, -0.2) is 0 Å². The summed E-state index contributed by atoms with van der Waals surface area (Å²) in [6.45, 7) is 0. The maximum Gasteiger partial charge on any atom is 0.0971 e. The molecule has 0 fully saturated rings. The van der Waals surface area contributed by atoms with Crippen LogP contribution in [0.4, 0.5) is 0 Å². The van der Waals surface area contributed by atoms with Crippen LogP contribution in [0, 0.1) is 0 Å². The predicted molar refractivity (Wildman–Crippen MR) is 201 cm³/mol. The summed E-state index contributed by atoms with van der Waals surface area (Å²) < 4.78 is 2.65. The van der Waals surface area contributed by atoms with Crippen molar-refractivity contribution in [1.29, 1.82) is 0 Å². The molecule has 8 aromatic carbocycles. The van der Waals surface area contributed by atoms with Crippen molar-refractivity contribution in [3.8, 4) is 33.4 Å². The van der Waals surface area contributed by atoms with Crippen LogP contribution in [0.15, 0.2) is 158 Å². The fourth-order valence-electron chi connectivity index (χ4n) is 7.40. The smallest absolute Gasteiger partial charge is 0.0971 e. The van der Waals surface area contributed by atoms with Crippen molar-refractivity contribution < 1.29 is 0 Å². The zero-order valence-electron chi connectivity index (χ0n) is 25.3. The van der Waals surface area contributed by atoms with E-state index in [4.69, 9.17) is 9.97 Å². The molecule has 2 nitrogen and oxygen atoms in total. The van der Waals surface area contributed by atoms with Crippen LogP contribution in [0.5, 0.6) is 0 Å². The minimum Gasteiger partial charge on any atom is -0.252 e. The van der Waals surface area contributed by atoms with E-state index < -0.39 is 0 Å². The van der Waals surface area contributed by atoms with E-state index in [-0.39, 0.29) is 0 Å². The molecule has 0 aliphatic rings. The van der Waals surface area contributed by atoms with Gasteiger partial charge in [0.15, 0.2) is 0 Å². The molecule has 0 unspecified atom stereocenters. The van der Waals surface area contributed by atoms with E-state index in [1.807, 2.05) is 11.3 Å². The number of thiophene rings is 1. The highest BCUT2D eigenvalue weighted by Gasteiger charge is 2.16. The van der Waals surface area contributed by atoms with E-state index in [0.29, 0.717) is 0 Å². The van der Waals surface area contributed by atoms with Gasteiger partial charge in [-0.2, -0.15) is 0 Å². The van der Waals surface area contributed by atoms with E-state index >= 15 is 0 Å². The van der Waals surface area contributed by atoms with Crippen LogP contribution < -0.4 is 0 Å². The lowest BCUT2D eigenvalue weighted by Gasteiger charge is -2.11. The van der Waals surface area contributed by atoms with Crippen LogP contribution in [-0.4, -0.2) is 9.97 Å². The van der Waals surface area contributed by atoms with Gasteiger partial charge in [-0.1, -0.05) is 133 Å². The highest BCUT2D eigenvalue weighted by atomic mass is 32.1. The van der Waals surface area contributed by atoms with Crippen molar-refractivity contribution in [2.45, 2.75) is 0 Å². The molecule has 10 rings (SSSR count). The van der Waals surface area contributed by atoms with E-state index in [0.717, 1.165) is 21.8 Å². The molecule has 0 radical (unpaired) electrons. The van der Waals surface area contributed by atoms with Gasteiger partial charge in [0, 0.05) is 48.9 Å². The molecule has 0 amide bonds. The Bertz CT molecular complexity index is 2820. The van der Waals surface area contributed by atoms with Crippen molar-refractivity contribution in [3.05, 3.63) is 158 Å². The number of nitrogens with zero attached hydrogens (tertiary/aromatic N) is 2. The zero-order chi connectivity index (χ0) is 30.9. The molecule has 3 heteroatoms. The van der Waals surface area contributed by atoms with Crippen LogP contribution in [0.1, 0.15) is 0 Å². The van der Waals surface area contributed by atoms with Crippen LogP contribution in [0.25, 0.3) is 96.9 Å². The van der Waals surface area contributed by atoms with Crippen molar-refractivity contribution in [3.63, 3.8) is 0 Å². The molecule has 47 heavy (non-hydrogen) atoms. The minimum atomic E-state index is 0.945. The fourth-order valence-corrected chi connectivity index (χ4v) is 8.76. The van der Waals surface area contributed by atoms with E-state index in [1.165, 1.54) is 75.1 Å². The lowest BCUT2D eigenvalue weighted by atomic mass is 9.94. The second-order valence-corrected chi connectivity index (χ2v) is 13.2. The standard InChI is InChI=1S/C44H26N2S/c1-2-13-31-27(9-1)10-6-17-33(31)37-18-8-20-39-38-19-7-16-32(43(38)47-44(37)39)30-12-5-11-28(25-30)29-21-22-36-40(26-29)34-14-3-4-15-35(34)41-42(36)46-24-23-45-41/h1-26H. The largest absolute Gasteiger partial charge is 0.252 e. The summed E-state index contributed by atoms with van der Waals surface area (Å²) in [5.41, 5.74) is 9.35. The topological polar surface area (TPSA) is 25.8 Å². The number of fused-ring (bicyclic) bond motifs is 10. The summed E-state index contributed by atoms with van der Waals surface area (Å²) in [6.07, 6.45) is 3.57. The maximum atomic E-state index is 4.74. The molecule has 0 atom stereocenters. The quantitative estimate of drug-likeness (QED) is 0.185. The van der Waals surface area contributed by atoms with Gasteiger partial charge in [0.25, 0.3) is 0 Å². The van der Waals surface area contributed by atoms with Gasteiger partial charge < -0.3 is 0 Å². The van der Waals surface area contributed by atoms with Crippen LogP contribution in [-0.2, 0) is 0 Å². The third kappa shape index (κ3) is 4.04. The minimum absolute atomic E-state index is 0.945. The van der Waals surface area contributed by atoms with E-state index in [9.17, 15) is 0 Å². The Balaban J connectivity index is 1.15. The highest BCUT2D eigenvalue weighted by Crippen LogP contribution is 2.45. The van der Waals surface area contributed by atoms with E-state index in [2.05, 4.69) is 146 Å². The first kappa shape index (κ1) is 26.3. The molecule has 0 saturated carbocycles. The number of rotatable bonds is 3. The first-order valence-electron chi connectivity index (χ1n) is 15.9. The molecule has 0 N–H and O–H groups in total. The number of benzene rings is 8. The van der Waals surface area contributed by atoms with Crippen LogP contribution in [0.2, 0.25) is 0 Å². The third-order valence-corrected chi connectivity index (χ3v) is 10.8. The third-order valence-electron chi connectivity index (χ3n) is 9.56. The average molecular weight is 615 g/mol.